The van der Waals surface area contributed by atoms with E-state index in [2.05, 4.69) is 22.6 Å². The fraction of sp³-hybridized carbons (Fsp3) is 0.214. The average molecular weight is 577 g/mol. The molecule has 2 amide bonds. The standard InChI is InChI=1S/C28H20INO5/c1-14-7-12-18(13-15(14)2)30-26(33)21-22(27(30)34)28(35-23(21)16-8-10-17(29)11-9-16)24(31)19-5-3-4-6-20(19)25(28)32/h3-13,21-23H,1-2H3/t21-,22+,23-/m1/s1. The number of benzene rings is 3. The van der Waals surface area contributed by atoms with Crippen molar-refractivity contribution in [1.29, 1.82) is 0 Å². The summed E-state index contributed by atoms with van der Waals surface area (Å²) < 4.78 is 7.30. The van der Waals surface area contributed by atoms with Crippen LogP contribution in [0.4, 0.5) is 5.69 Å². The fourth-order valence-corrected chi connectivity index (χ4v) is 5.95. The Kier molecular flexibility index (Phi) is 4.88. The van der Waals surface area contributed by atoms with E-state index in [0.29, 0.717) is 11.3 Å². The van der Waals surface area contributed by atoms with Crippen molar-refractivity contribution in [2.75, 3.05) is 4.90 Å². The number of hydrogen-bond acceptors (Lipinski definition) is 5. The maximum Gasteiger partial charge on any atom is 0.241 e. The van der Waals surface area contributed by atoms with Gasteiger partial charge in [0.05, 0.1) is 23.6 Å². The van der Waals surface area contributed by atoms with Gasteiger partial charge in [0.1, 0.15) is 0 Å². The lowest BCUT2D eigenvalue weighted by atomic mass is 9.77. The van der Waals surface area contributed by atoms with Crippen LogP contribution in [0.1, 0.15) is 43.5 Å². The summed E-state index contributed by atoms with van der Waals surface area (Å²) in [5.74, 6) is -4.38. The number of ketones is 2. The van der Waals surface area contributed by atoms with Crippen LogP contribution in [0.5, 0.6) is 0 Å². The van der Waals surface area contributed by atoms with Crippen molar-refractivity contribution in [2.24, 2.45) is 11.8 Å². The highest BCUT2D eigenvalue weighted by atomic mass is 127. The van der Waals surface area contributed by atoms with Gasteiger partial charge in [-0.05, 0) is 77.4 Å². The van der Waals surface area contributed by atoms with Crippen molar-refractivity contribution in [2.45, 2.75) is 25.6 Å². The molecule has 3 aromatic rings. The molecule has 1 spiro atoms. The first kappa shape index (κ1) is 22.3. The Morgan fingerprint density at radius 1 is 0.800 bits per heavy atom. The van der Waals surface area contributed by atoms with Gasteiger partial charge in [0, 0.05) is 14.7 Å². The van der Waals surface area contributed by atoms with Crippen molar-refractivity contribution in [1.82, 2.24) is 0 Å². The molecule has 2 fully saturated rings. The van der Waals surface area contributed by atoms with Crippen LogP contribution in [-0.4, -0.2) is 29.0 Å². The fourth-order valence-electron chi connectivity index (χ4n) is 5.59. The Morgan fingerprint density at radius 2 is 1.43 bits per heavy atom. The smallest absolute Gasteiger partial charge is 0.241 e. The predicted molar refractivity (Wildman–Crippen MR) is 136 cm³/mol. The molecule has 2 heterocycles. The number of Topliss-reactive ketones (excluding diaryl/α,β-unsaturated/α-hetero) is 2. The molecule has 6 rings (SSSR count). The van der Waals surface area contributed by atoms with E-state index in [9.17, 15) is 19.2 Å². The van der Waals surface area contributed by atoms with Gasteiger partial charge in [-0.15, -0.1) is 0 Å². The third-order valence-corrected chi connectivity index (χ3v) is 8.19. The molecule has 2 saturated heterocycles. The molecule has 6 nitrogen and oxygen atoms in total. The number of aryl methyl sites for hydroxylation is 2. The lowest BCUT2D eigenvalue weighted by Gasteiger charge is -2.27. The number of anilines is 1. The van der Waals surface area contributed by atoms with Gasteiger partial charge in [-0.2, -0.15) is 0 Å². The highest BCUT2D eigenvalue weighted by Crippen LogP contribution is 2.57. The quantitative estimate of drug-likeness (QED) is 0.253. The van der Waals surface area contributed by atoms with E-state index >= 15 is 0 Å². The molecule has 3 aliphatic rings. The second-order valence-corrected chi connectivity index (χ2v) is 10.6. The van der Waals surface area contributed by atoms with Crippen LogP contribution in [-0.2, 0) is 14.3 Å². The maximum atomic E-state index is 13.9. The second-order valence-electron chi connectivity index (χ2n) is 9.31. The van der Waals surface area contributed by atoms with E-state index in [1.54, 1.807) is 36.4 Å². The molecule has 0 unspecified atom stereocenters. The van der Waals surface area contributed by atoms with Crippen molar-refractivity contribution in [3.8, 4) is 0 Å². The summed E-state index contributed by atoms with van der Waals surface area (Å²) in [5.41, 5.74) is 1.44. The van der Waals surface area contributed by atoms with Crippen LogP contribution in [0.2, 0.25) is 0 Å². The molecule has 0 N–H and O–H groups in total. The summed E-state index contributed by atoms with van der Waals surface area (Å²) in [7, 11) is 0. The molecule has 2 aliphatic heterocycles. The first-order valence-electron chi connectivity index (χ1n) is 11.3. The van der Waals surface area contributed by atoms with Gasteiger partial charge >= 0.3 is 0 Å². The Bertz CT molecular complexity index is 1430. The zero-order valence-corrected chi connectivity index (χ0v) is 21.1. The van der Waals surface area contributed by atoms with Gasteiger partial charge in [0.15, 0.2) is 0 Å². The zero-order chi connectivity index (χ0) is 24.6. The van der Waals surface area contributed by atoms with Crippen LogP contribution in [0.25, 0.3) is 0 Å². The Hall–Kier alpha value is -3.17. The number of rotatable bonds is 2. The number of carbonyl (C=O) groups excluding carboxylic acids is 4. The number of halogens is 1. The number of amides is 2. The maximum absolute atomic E-state index is 13.9. The van der Waals surface area contributed by atoms with Crippen molar-refractivity contribution < 1.29 is 23.9 Å². The third kappa shape index (κ3) is 2.91. The number of hydrogen-bond donors (Lipinski definition) is 0. The lowest BCUT2D eigenvalue weighted by Crippen LogP contribution is -2.51. The minimum Gasteiger partial charge on any atom is -0.349 e. The molecule has 0 saturated carbocycles. The molecule has 1 aliphatic carbocycles. The monoisotopic (exact) mass is 577 g/mol. The number of nitrogens with zero attached hydrogens (tertiary/aromatic N) is 1. The molecule has 3 atom stereocenters. The average Bonchev–Trinajstić information content (AvgIpc) is 3.41. The number of fused-ring (bicyclic) bond motifs is 3. The van der Waals surface area contributed by atoms with E-state index < -0.39 is 46.9 Å². The molecular weight excluding hydrogens is 557 g/mol. The molecule has 0 radical (unpaired) electrons. The topological polar surface area (TPSA) is 80.8 Å². The normalized spacial score (nSPS) is 24.4. The Morgan fingerprint density at radius 3 is 2.03 bits per heavy atom. The van der Waals surface area contributed by atoms with Gasteiger partial charge < -0.3 is 4.74 Å². The van der Waals surface area contributed by atoms with E-state index in [1.165, 1.54) is 0 Å². The summed E-state index contributed by atoms with van der Waals surface area (Å²) >= 11 is 2.17. The molecule has 0 aromatic heterocycles. The SMILES string of the molecule is Cc1ccc(N2C(=O)[C@H]3[C@@H](c4ccc(I)cc4)OC4(C(=O)c5ccccc5C4=O)[C@@H]3C2=O)cc1C. The van der Waals surface area contributed by atoms with Crippen LogP contribution in [0, 0.1) is 29.3 Å². The number of carbonyl (C=O) groups is 4. The van der Waals surface area contributed by atoms with Crippen LogP contribution in [0.15, 0.2) is 66.7 Å². The summed E-state index contributed by atoms with van der Waals surface area (Å²) in [6.07, 6.45) is -0.910. The lowest BCUT2D eigenvalue weighted by molar-refractivity contribution is -0.127. The van der Waals surface area contributed by atoms with E-state index in [0.717, 1.165) is 19.6 Å². The van der Waals surface area contributed by atoms with Gasteiger partial charge in [-0.25, -0.2) is 4.90 Å². The molecule has 35 heavy (non-hydrogen) atoms. The minimum absolute atomic E-state index is 0.226. The van der Waals surface area contributed by atoms with Gasteiger partial charge in [0.25, 0.3) is 0 Å². The number of ether oxygens (including phenoxy) is 1. The van der Waals surface area contributed by atoms with Crippen LogP contribution in [0.3, 0.4) is 0 Å². The van der Waals surface area contributed by atoms with Crippen LogP contribution >= 0.6 is 22.6 Å². The summed E-state index contributed by atoms with van der Waals surface area (Å²) in [6, 6.07) is 19.2. The van der Waals surface area contributed by atoms with Crippen LogP contribution < -0.4 is 4.90 Å². The van der Waals surface area contributed by atoms with Crippen molar-refractivity contribution in [3.05, 3.63) is 98.1 Å². The van der Waals surface area contributed by atoms with Crippen molar-refractivity contribution in [3.63, 3.8) is 0 Å². The Balaban J connectivity index is 1.54. The van der Waals surface area contributed by atoms with E-state index in [1.807, 2.05) is 44.2 Å². The van der Waals surface area contributed by atoms with Gasteiger partial charge in [-0.1, -0.05) is 42.5 Å². The van der Waals surface area contributed by atoms with E-state index in [-0.39, 0.29) is 11.1 Å². The summed E-state index contributed by atoms with van der Waals surface area (Å²) in [6.45, 7) is 3.86. The third-order valence-electron chi connectivity index (χ3n) is 7.47. The number of imide groups is 1. The van der Waals surface area contributed by atoms with Gasteiger partial charge in [-0.3, -0.25) is 19.2 Å². The zero-order valence-electron chi connectivity index (χ0n) is 18.9. The largest absolute Gasteiger partial charge is 0.349 e. The first-order valence-corrected chi connectivity index (χ1v) is 12.4. The first-order chi connectivity index (χ1) is 16.8. The summed E-state index contributed by atoms with van der Waals surface area (Å²) in [5, 5.41) is 0. The molecule has 7 heteroatoms. The minimum atomic E-state index is -2.05. The van der Waals surface area contributed by atoms with Gasteiger partial charge in [0.2, 0.25) is 29.0 Å². The van der Waals surface area contributed by atoms with E-state index in [4.69, 9.17) is 4.74 Å². The molecular formula is C28H20INO5. The predicted octanol–water partition coefficient (Wildman–Crippen LogP) is 4.60. The second kappa shape index (κ2) is 7.66. The Labute approximate surface area is 215 Å². The highest BCUT2D eigenvalue weighted by Gasteiger charge is 2.74. The highest BCUT2D eigenvalue weighted by molar-refractivity contribution is 14.1. The molecule has 174 valence electrons. The molecule has 3 aromatic carbocycles. The molecule has 0 bridgehead atoms. The van der Waals surface area contributed by atoms with Crippen molar-refractivity contribution >= 4 is 51.7 Å². The summed E-state index contributed by atoms with van der Waals surface area (Å²) in [4.78, 5) is 56.5.